The molecule has 0 bridgehead atoms. The van der Waals surface area contributed by atoms with Gasteiger partial charge in [0.15, 0.2) is 5.03 Å². The van der Waals surface area contributed by atoms with Gasteiger partial charge in [0, 0.05) is 13.2 Å². The molecular formula is C10H17N3O3S. The second-order valence-electron chi connectivity index (χ2n) is 4.10. The minimum atomic E-state index is -3.44. The Morgan fingerprint density at radius 1 is 1.53 bits per heavy atom. The zero-order valence-corrected chi connectivity index (χ0v) is 10.4. The Bertz CT molecular complexity index is 424. The molecule has 1 saturated heterocycles. The van der Waals surface area contributed by atoms with Crippen LogP contribution in [0.2, 0.25) is 0 Å². The van der Waals surface area contributed by atoms with Crippen molar-refractivity contribution >= 4 is 10.0 Å². The van der Waals surface area contributed by atoms with Crippen LogP contribution in [0.1, 0.15) is 25.7 Å². The predicted molar refractivity (Wildman–Crippen MR) is 62.0 cm³/mol. The normalized spacial score (nSPS) is 21.5. The van der Waals surface area contributed by atoms with Crippen molar-refractivity contribution in [3.05, 3.63) is 12.3 Å². The molecule has 2 heterocycles. The number of hydrogen-bond donors (Lipinski definition) is 2. The SMILES string of the molecule is O=S(=O)(NCCC1CCCCO1)c1ccn[nH]1. The zero-order valence-electron chi connectivity index (χ0n) is 9.55. The molecule has 0 aromatic carbocycles. The van der Waals surface area contributed by atoms with E-state index in [1.807, 2.05) is 0 Å². The van der Waals surface area contributed by atoms with Crippen molar-refractivity contribution in [2.24, 2.45) is 0 Å². The minimum absolute atomic E-state index is 0.0991. The molecule has 1 aliphatic rings. The molecular weight excluding hydrogens is 242 g/mol. The van der Waals surface area contributed by atoms with Gasteiger partial charge in [-0.25, -0.2) is 13.1 Å². The number of H-pyrrole nitrogens is 1. The van der Waals surface area contributed by atoms with E-state index >= 15 is 0 Å². The number of hydrogen-bond acceptors (Lipinski definition) is 4. The molecule has 0 amide bonds. The third-order valence-corrected chi connectivity index (χ3v) is 4.19. The van der Waals surface area contributed by atoms with Crippen LogP contribution in [0.15, 0.2) is 17.3 Å². The van der Waals surface area contributed by atoms with Gasteiger partial charge in [-0.15, -0.1) is 0 Å². The average Bonchev–Trinajstić information content (AvgIpc) is 2.84. The summed E-state index contributed by atoms with van der Waals surface area (Å²) >= 11 is 0. The van der Waals surface area contributed by atoms with E-state index in [4.69, 9.17) is 4.74 Å². The lowest BCUT2D eigenvalue weighted by molar-refractivity contribution is 0.0123. The maximum atomic E-state index is 11.7. The van der Waals surface area contributed by atoms with Crippen LogP contribution in [0.25, 0.3) is 0 Å². The van der Waals surface area contributed by atoms with E-state index in [2.05, 4.69) is 14.9 Å². The second kappa shape index (κ2) is 5.61. The highest BCUT2D eigenvalue weighted by Crippen LogP contribution is 2.15. The number of nitrogens with zero attached hydrogens (tertiary/aromatic N) is 1. The van der Waals surface area contributed by atoms with E-state index in [-0.39, 0.29) is 11.1 Å². The molecule has 0 saturated carbocycles. The van der Waals surface area contributed by atoms with Crippen molar-refractivity contribution in [1.29, 1.82) is 0 Å². The van der Waals surface area contributed by atoms with Gasteiger partial charge in [0.1, 0.15) is 0 Å². The Morgan fingerprint density at radius 2 is 2.41 bits per heavy atom. The van der Waals surface area contributed by atoms with Gasteiger partial charge in [0.25, 0.3) is 10.0 Å². The summed E-state index contributed by atoms with van der Waals surface area (Å²) in [6.45, 7) is 1.18. The quantitative estimate of drug-likeness (QED) is 0.813. The van der Waals surface area contributed by atoms with Crippen LogP contribution < -0.4 is 4.72 Å². The molecule has 1 aliphatic heterocycles. The van der Waals surface area contributed by atoms with Crippen LogP contribution in [0.4, 0.5) is 0 Å². The van der Waals surface area contributed by atoms with Crippen LogP contribution in [0.5, 0.6) is 0 Å². The monoisotopic (exact) mass is 259 g/mol. The molecule has 1 aromatic rings. The molecule has 1 unspecified atom stereocenters. The minimum Gasteiger partial charge on any atom is -0.378 e. The lowest BCUT2D eigenvalue weighted by Gasteiger charge is -2.22. The summed E-state index contributed by atoms with van der Waals surface area (Å²) in [6.07, 6.45) is 5.61. The van der Waals surface area contributed by atoms with Crippen molar-refractivity contribution in [1.82, 2.24) is 14.9 Å². The van der Waals surface area contributed by atoms with E-state index in [0.29, 0.717) is 13.0 Å². The molecule has 0 radical (unpaired) electrons. The summed E-state index contributed by atoms with van der Waals surface area (Å²) in [5.41, 5.74) is 0. The fraction of sp³-hybridized carbons (Fsp3) is 0.700. The summed E-state index contributed by atoms with van der Waals surface area (Å²) < 4.78 is 31.5. The van der Waals surface area contributed by atoms with Gasteiger partial charge < -0.3 is 4.74 Å². The van der Waals surface area contributed by atoms with Gasteiger partial charge in [-0.2, -0.15) is 5.10 Å². The Morgan fingerprint density at radius 3 is 3.06 bits per heavy atom. The highest BCUT2D eigenvalue weighted by Gasteiger charge is 2.17. The van der Waals surface area contributed by atoms with E-state index in [0.717, 1.165) is 25.9 Å². The Balaban J connectivity index is 1.78. The number of aromatic amines is 1. The van der Waals surface area contributed by atoms with E-state index in [1.165, 1.54) is 12.3 Å². The van der Waals surface area contributed by atoms with Crippen LogP contribution in [0.3, 0.4) is 0 Å². The van der Waals surface area contributed by atoms with Crippen LogP contribution in [-0.2, 0) is 14.8 Å². The lowest BCUT2D eigenvalue weighted by atomic mass is 10.1. The van der Waals surface area contributed by atoms with Crippen molar-refractivity contribution in [3.63, 3.8) is 0 Å². The standard InChI is InChI=1S/C10H17N3O3S/c14-17(15,10-5-6-11-13-10)12-7-4-9-3-1-2-8-16-9/h5-6,9,12H,1-4,7-8H2,(H,11,13). The summed E-state index contributed by atoms with van der Waals surface area (Å²) in [5.74, 6) is 0. The molecule has 6 nitrogen and oxygen atoms in total. The lowest BCUT2D eigenvalue weighted by Crippen LogP contribution is -2.29. The molecule has 0 aliphatic carbocycles. The second-order valence-corrected chi connectivity index (χ2v) is 5.83. The van der Waals surface area contributed by atoms with E-state index < -0.39 is 10.0 Å². The molecule has 1 fully saturated rings. The first kappa shape index (κ1) is 12.5. The fourth-order valence-electron chi connectivity index (χ4n) is 1.86. The molecule has 0 spiro atoms. The largest absolute Gasteiger partial charge is 0.378 e. The van der Waals surface area contributed by atoms with Gasteiger partial charge in [-0.3, -0.25) is 5.10 Å². The number of sulfonamides is 1. The molecule has 17 heavy (non-hydrogen) atoms. The number of ether oxygens (including phenoxy) is 1. The maximum absolute atomic E-state index is 11.7. The van der Waals surface area contributed by atoms with Gasteiger partial charge in [-0.1, -0.05) is 0 Å². The summed E-state index contributed by atoms with van der Waals surface area (Å²) in [5, 5.41) is 6.15. The number of rotatable bonds is 5. The Labute approximate surface area is 101 Å². The Hall–Kier alpha value is -0.920. The van der Waals surface area contributed by atoms with Crippen molar-refractivity contribution < 1.29 is 13.2 Å². The van der Waals surface area contributed by atoms with Crippen molar-refractivity contribution in [2.75, 3.05) is 13.2 Å². The topological polar surface area (TPSA) is 84.1 Å². The molecule has 96 valence electrons. The summed E-state index contributed by atoms with van der Waals surface area (Å²) in [7, 11) is -3.44. The van der Waals surface area contributed by atoms with Crippen LogP contribution in [-0.4, -0.2) is 37.9 Å². The average molecular weight is 259 g/mol. The van der Waals surface area contributed by atoms with E-state index in [1.54, 1.807) is 0 Å². The highest BCUT2D eigenvalue weighted by molar-refractivity contribution is 7.89. The van der Waals surface area contributed by atoms with E-state index in [9.17, 15) is 8.42 Å². The molecule has 2 N–H and O–H groups in total. The third-order valence-electron chi connectivity index (χ3n) is 2.80. The van der Waals surface area contributed by atoms with Gasteiger partial charge in [0.2, 0.25) is 0 Å². The maximum Gasteiger partial charge on any atom is 0.257 e. The first-order valence-electron chi connectivity index (χ1n) is 5.79. The van der Waals surface area contributed by atoms with Crippen molar-refractivity contribution in [3.8, 4) is 0 Å². The highest BCUT2D eigenvalue weighted by atomic mass is 32.2. The molecule has 2 rings (SSSR count). The number of aromatic nitrogens is 2. The van der Waals surface area contributed by atoms with Gasteiger partial charge in [0.05, 0.1) is 12.3 Å². The predicted octanol–water partition coefficient (Wildman–Crippen LogP) is 0.647. The van der Waals surface area contributed by atoms with Crippen LogP contribution in [0, 0.1) is 0 Å². The third kappa shape index (κ3) is 3.52. The number of nitrogens with one attached hydrogen (secondary N) is 2. The van der Waals surface area contributed by atoms with Gasteiger partial charge in [-0.05, 0) is 31.7 Å². The van der Waals surface area contributed by atoms with Crippen molar-refractivity contribution in [2.45, 2.75) is 36.8 Å². The summed E-state index contributed by atoms with van der Waals surface area (Å²) in [4.78, 5) is 0. The first-order valence-corrected chi connectivity index (χ1v) is 7.27. The first-order chi connectivity index (χ1) is 8.18. The molecule has 7 heteroatoms. The summed E-state index contributed by atoms with van der Waals surface area (Å²) in [6, 6.07) is 1.43. The molecule has 1 atom stereocenters. The molecule has 1 aromatic heterocycles. The van der Waals surface area contributed by atoms with Crippen LogP contribution >= 0.6 is 0 Å². The Kier molecular flexibility index (Phi) is 4.14. The van der Waals surface area contributed by atoms with Gasteiger partial charge >= 0.3 is 0 Å². The fourth-order valence-corrected chi connectivity index (χ4v) is 2.81. The zero-order chi connectivity index (χ0) is 12.1. The smallest absolute Gasteiger partial charge is 0.257 e.